The minimum Gasteiger partial charge on any atom is -0.296 e. The summed E-state index contributed by atoms with van der Waals surface area (Å²) in [5, 5.41) is 7.74. The van der Waals surface area contributed by atoms with Crippen LogP contribution in [0.25, 0.3) is 11.3 Å². The van der Waals surface area contributed by atoms with E-state index in [1.54, 1.807) is 0 Å². The summed E-state index contributed by atoms with van der Waals surface area (Å²) in [6.45, 7) is 11.8. The predicted molar refractivity (Wildman–Crippen MR) is 117 cm³/mol. The highest BCUT2D eigenvalue weighted by Gasteiger charge is 2.25. The number of ketones is 1. The Morgan fingerprint density at radius 2 is 1.79 bits per heavy atom. The van der Waals surface area contributed by atoms with E-state index in [4.69, 9.17) is 0 Å². The van der Waals surface area contributed by atoms with Crippen molar-refractivity contribution in [2.45, 2.75) is 53.0 Å². The first-order valence-corrected chi connectivity index (χ1v) is 10.4. The molecule has 2 heterocycles. The van der Waals surface area contributed by atoms with Crippen molar-refractivity contribution in [3.8, 4) is 11.3 Å². The third kappa shape index (κ3) is 4.45. The Morgan fingerprint density at radius 1 is 1.14 bits per heavy atom. The molecule has 1 amide bonds. The topological polar surface area (TPSA) is 76.9 Å². The Bertz CT molecular complexity index is 1040. The number of rotatable bonds is 5. The van der Waals surface area contributed by atoms with Crippen molar-refractivity contribution >= 4 is 28.2 Å². The van der Waals surface area contributed by atoms with Crippen molar-refractivity contribution in [3.63, 3.8) is 0 Å². The highest BCUT2D eigenvalue weighted by atomic mass is 32.1. The molecule has 6 nitrogen and oxygen atoms in total. The zero-order valence-corrected chi connectivity index (χ0v) is 18.4. The van der Waals surface area contributed by atoms with Gasteiger partial charge in [-0.2, -0.15) is 5.10 Å². The van der Waals surface area contributed by atoms with Crippen LogP contribution in [0.5, 0.6) is 0 Å². The average Bonchev–Trinajstić information content (AvgIpc) is 3.27. The van der Waals surface area contributed by atoms with Crippen LogP contribution in [0.1, 0.15) is 73.3 Å². The van der Waals surface area contributed by atoms with E-state index in [9.17, 15) is 9.59 Å². The van der Waals surface area contributed by atoms with Crippen molar-refractivity contribution in [2.75, 3.05) is 5.32 Å². The number of nitrogens with one attached hydrogen (secondary N) is 1. The van der Waals surface area contributed by atoms with Crippen LogP contribution in [0.2, 0.25) is 0 Å². The van der Waals surface area contributed by atoms with Crippen molar-refractivity contribution in [2.24, 2.45) is 0 Å². The number of hydrogen-bond donors (Lipinski definition) is 1. The zero-order valence-electron chi connectivity index (χ0n) is 17.6. The Labute approximate surface area is 175 Å². The van der Waals surface area contributed by atoms with Gasteiger partial charge in [0.25, 0.3) is 5.91 Å². The van der Waals surface area contributed by atoms with Gasteiger partial charge in [0.15, 0.2) is 16.6 Å². The number of hydrogen-bond acceptors (Lipinski definition) is 5. The summed E-state index contributed by atoms with van der Waals surface area (Å²) in [7, 11) is 0. The number of carbonyl (C=O) groups excluding carboxylic acids is 2. The second-order valence-electron chi connectivity index (χ2n) is 8.26. The molecule has 1 aromatic carbocycles. The van der Waals surface area contributed by atoms with Gasteiger partial charge in [0.05, 0.1) is 16.1 Å². The lowest BCUT2D eigenvalue weighted by atomic mass is 10.1. The molecule has 0 saturated heterocycles. The van der Waals surface area contributed by atoms with Crippen LogP contribution in [0.3, 0.4) is 0 Å². The summed E-state index contributed by atoms with van der Waals surface area (Å²) in [6.07, 6.45) is 0. The maximum absolute atomic E-state index is 12.9. The smallest absolute Gasteiger partial charge is 0.277 e. The average molecular weight is 411 g/mol. The largest absolute Gasteiger partial charge is 0.296 e. The highest BCUT2D eigenvalue weighted by Crippen LogP contribution is 2.32. The first-order valence-electron chi connectivity index (χ1n) is 9.57. The van der Waals surface area contributed by atoms with Gasteiger partial charge in [-0.3, -0.25) is 19.6 Å². The van der Waals surface area contributed by atoms with Crippen LogP contribution in [0.4, 0.5) is 5.13 Å². The molecule has 0 radical (unpaired) electrons. The molecule has 3 aromatic rings. The van der Waals surface area contributed by atoms with Crippen LogP contribution in [0, 0.1) is 0 Å². The molecule has 0 aliphatic carbocycles. The van der Waals surface area contributed by atoms with E-state index in [1.807, 2.05) is 41.1 Å². The normalized spacial score (nSPS) is 11.7. The SMILES string of the molecule is CC(=O)c1sc(NC(=O)c2cc(C(C)C)n(C(C)(C)C)n2)nc1-c1ccccc1. The summed E-state index contributed by atoms with van der Waals surface area (Å²) in [6, 6.07) is 11.3. The van der Waals surface area contributed by atoms with Gasteiger partial charge in [0.1, 0.15) is 0 Å². The molecule has 0 atom stereocenters. The molecule has 0 unspecified atom stereocenters. The summed E-state index contributed by atoms with van der Waals surface area (Å²) in [4.78, 5) is 30.0. The Kier molecular flexibility index (Phi) is 5.71. The molecule has 1 N–H and O–H groups in total. The van der Waals surface area contributed by atoms with Crippen molar-refractivity contribution in [3.05, 3.63) is 52.7 Å². The molecule has 0 aliphatic heterocycles. The minimum atomic E-state index is -0.335. The molecule has 29 heavy (non-hydrogen) atoms. The Morgan fingerprint density at radius 3 is 2.31 bits per heavy atom. The van der Waals surface area contributed by atoms with E-state index in [-0.39, 0.29) is 23.1 Å². The van der Waals surface area contributed by atoms with Gasteiger partial charge in [-0.05, 0) is 32.8 Å². The summed E-state index contributed by atoms with van der Waals surface area (Å²) in [5.41, 5.74) is 2.53. The van der Waals surface area contributed by atoms with Gasteiger partial charge in [0, 0.05) is 18.2 Å². The van der Waals surface area contributed by atoms with Crippen LogP contribution in [-0.2, 0) is 5.54 Å². The molecule has 0 spiro atoms. The number of amides is 1. The monoisotopic (exact) mass is 410 g/mol. The first kappa shape index (κ1) is 20.9. The third-order valence-electron chi connectivity index (χ3n) is 4.41. The molecule has 0 saturated carbocycles. The maximum Gasteiger partial charge on any atom is 0.277 e. The van der Waals surface area contributed by atoms with Gasteiger partial charge >= 0.3 is 0 Å². The summed E-state index contributed by atoms with van der Waals surface area (Å²) < 4.78 is 1.89. The van der Waals surface area contributed by atoms with E-state index in [0.29, 0.717) is 21.4 Å². The van der Waals surface area contributed by atoms with Crippen molar-refractivity contribution < 1.29 is 9.59 Å². The number of nitrogens with zero attached hydrogens (tertiary/aromatic N) is 3. The minimum absolute atomic E-state index is 0.0824. The number of carbonyl (C=O) groups is 2. The fourth-order valence-corrected chi connectivity index (χ4v) is 3.90. The van der Waals surface area contributed by atoms with Crippen LogP contribution < -0.4 is 5.32 Å². The lowest BCUT2D eigenvalue weighted by Crippen LogP contribution is -2.26. The van der Waals surface area contributed by atoms with Gasteiger partial charge in [0.2, 0.25) is 0 Å². The van der Waals surface area contributed by atoms with Crippen molar-refractivity contribution in [1.29, 1.82) is 0 Å². The van der Waals surface area contributed by atoms with Crippen LogP contribution in [0.15, 0.2) is 36.4 Å². The number of thiazole rings is 1. The molecule has 0 fully saturated rings. The summed E-state index contributed by atoms with van der Waals surface area (Å²) >= 11 is 1.18. The molecular weight excluding hydrogens is 384 g/mol. The summed E-state index contributed by atoms with van der Waals surface area (Å²) in [5.74, 6) is -0.184. The first-order chi connectivity index (χ1) is 13.6. The predicted octanol–water partition coefficient (Wildman–Crippen LogP) is 5.34. The number of aromatic nitrogens is 3. The van der Waals surface area contributed by atoms with E-state index in [1.165, 1.54) is 18.3 Å². The second kappa shape index (κ2) is 7.91. The fraction of sp³-hybridized carbons (Fsp3) is 0.364. The molecule has 0 aliphatic rings. The maximum atomic E-state index is 12.9. The standard InChI is InChI=1S/C22H26N4O2S/c1-13(2)17-12-16(25-26(17)22(4,5)6)20(28)24-21-23-18(19(29-21)14(3)27)15-10-8-7-9-11-15/h7-13H,1-6H3,(H,23,24,28). The Hall–Kier alpha value is -2.80. The zero-order chi connectivity index (χ0) is 21.3. The van der Waals surface area contributed by atoms with Gasteiger partial charge < -0.3 is 0 Å². The number of Topliss-reactive ketones (excluding diaryl/α,β-unsaturated/α-hetero) is 1. The van der Waals surface area contributed by atoms with E-state index >= 15 is 0 Å². The third-order valence-corrected chi connectivity index (χ3v) is 5.48. The van der Waals surface area contributed by atoms with Crippen molar-refractivity contribution in [1.82, 2.24) is 14.8 Å². The van der Waals surface area contributed by atoms with E-state index in [0.717, 1.165) is 11.3 Å². The molecule has 3 rings (SSSR count). The second-order valence-corrected chi connectivity index (χ2v) is 9.26. The van der Waals surface area contributed by atoms with Gasteiger partial charge in [-0.15, -0.1) is 0 Å². The van der Waals surface area contributed by atoms with Gasteiger partial charge in [-0.1, -0.05) is 55.5 Å². The molecule has 0 bridgehead atoms. The van der Waals surface area contributed by atoms with Crippen LogP contribution in [-0.4, -0.2) is 26.5 Å². The van der Waals surface area contributed by atoms with E-state index < -0.39 is 0 Å². The Balaban J connectivity index is 1.93. The quantitative estimate of drug-likeness (QED) is 0.576. The molecule has 7 heteroatoms. The lowest BCUT2D eigenvalue weighted by molar-refractivity contribution is 0.101. The van der Waals surface area contributed by atoms with Gasteiger partial charge in [-0.25, -0.2) is 4.98 Å². The molecule has 152 valence electrons. The molecular formula is C22H26N4O2S. The highest BCUT2D eigenvalue weighted by molar-refractivity contribution is 7.18. The molecule has 2 aromatic heterocycles. The van der Waals surface area contributed by atoms with E-state index in [2.05, 4.69) is 50.0 Å². The number of anilines is 1. The lowest BCUT2D eigenvalue weighted by Gasteiger charge is -2.23. The van der Waals surface area contributed by atoms with Crippen LogP contribution >= 0.6 is 11.3 Å². The fourth-order valence-electron chi connectivity index (χ4n) is 3.02. The number of benzene rings is 1.